The van der Waals surface area contributed by atoms with Gasteiger partial charge in [0.25, 0.3) is 5.91 Å². The molecule has 0 atom stereocenters. The first-order valence-corrected chi connectivity index (χ1v) is 9.90. The van der Waals surface area contributed by atoms with Crippen LogP contribution >= 0.6 is 0 Å². The number of carbonyl (C=O) groups is 1. The summed E-state index contributed by atoms with van der Waals surface area (Å²) in [6, 6.07) is 10.6. The normalized spacial score (nSPS) is 14.7. The highest BCUT2D eigenvalue weighted by Crippen LogP contribution is 2.26. The van der Waals surface area contributed by atoms with Crippen LogP contribution in [-0.2, 0) is 11.3 Å². The molecule has 2 heterocycles. The number of anilines is 1. The standard InChI is InChI=1S/C23H24N2O5/c1-14-19(26)8-7-18-20(27)15(2)22(30-21(14)18)23(28)24-17-5-3-16(4-6-17)13-25-9-11-29-12-10-25/h3-8,26H,9-13H2,1-2H3,(H,24,28). The zero-order valence-electron chi connectivity index (χ0n) is 17.0. The zero-order chi connectivity index (χ0) is 21.3. The lowest BCUT2D eigenvalue weighted by atomic mass is 10.1. The summed E-state index contributed by atoms with van der Waals surface area (Å²) in [5, 5.41) is 13.0. The molecule has 0 saturated carbocycles. The monoisotopic (exact) mass is 408 g/mol. The lowest BCUT2D eigenvalue weighted by Gasteiger charge is -2.26. The number of phenols is 1. The van der Waals surface area contributed by atoms with Gasteiger partial charge in [-0.2, -0.15) is 0 Å². The smallest absolute Gasteiger partial charge is 0.291 e. The van der Waals surface area contributed by atoms with Crippen molar-refractivity contribution in [2.45, 2.75) is 20.4 Å². The average Bonchev–Trinajstić information content (AvgIpc) is 2.75. The van der Waals surface area contributed by atoms with E-state index in [4.69, 9.17) is 9.15 Å². The van der Waals surface area contributed by atoms with Gasteiger partial charge in [-0.15, -0.1) is 0 Å². The molecule has 4 rings (SSSR count). The molecule has 1 saturated heterocycles. The van der Waals surface area contributed by atoms with Gasteiger partial charge in [-0.1, -0.05) is 12.1 Å². The summed E-state index contributed by atoms with van der Waals surface area (Å²) in [5.41, 5.74) is 2.34. The molecule has 0 unspecified atom stereocenters. The Morgan fingerprint density at radius 3 is 2.47 bits per heavy atom. The Labute approximate surface area is 173 Å². The van der Waals surface area contributed by atoms with Crippen LogP contribution in [-0.4, -0.2) is 42.2 Å². The number of morpholine rings is 1. The van der Waals surface area contributed by atoms with Gasteiger partial charge in [0, 0.05) is 36.4 Å². The molecule has 156 valence electrons. The summed E-state index contributed by atoms with van der Waals surface area (Å²) >= 11 is 0. The Balaban J connectivity index is 1.55. The molecule has 1 aliphatic heterocycles. The molecular weight excluding hydrogens is 384 g/mol. The van der Waals surface area contributed by atoms with E-state index >= 15 is 0 Å². The molecule has 7 nitrogen and oxygen atoms in total. The summed E-state index contributed by atoms with van der Waals surface area (Å²) in [5.74, 6) is -0.550. The second-order valence-corrected chi connectivity index (χ2v) is 7.51. The Morgan fingerprint density at radius 2 is 1.77 bits per heavy atom. The van der Waals surface area contributed by atoms with Crippen LogP contribution in [0.25, 0.3) is 11.0 Å². The lowest BCUT2D eigenvalue weighted by molar-refractivity contribution is 0.0342. The molecule has 0 bridgehead atoms. The molecule has 0 aliphatic carbocycles. The number of amides is 1. The number of ether oxygens (including phenoxy) is 1. The van der Waals surface area contributed by atoms with E-state index in [-0.39, 0.29) is 28.1 Å². The van der Waals surface area contributed by atoms with Crippen LogP contribution in [0.1, 0.15) is 27.2 Å². The van der Waals surface area contributed by atoms with Crippen LogP contribution in [0.2, 0.25) is 0 Å². The third-order valence-corrected chi connectivity index (χ3v) is 5.44. The van der Waals surface area contributed by atoms with Crippen molar-refractivity contribution in [1.29, 1.82) is 0 Å². The van der Waals surface area contributed by atoms with E-state index in [0.717, 1.165) is 38.4 Å². The molecule has 2 aromatic carbocycles. The van der Waals surface area contributed by atoms with Crippen LogP contribution in [0.5, 0.6) is 5.75 Å². The van der Waals surface area contributed by atoms with Crippen LogP contribution < -0.4 is 10.7 Å². The Bertz CT molecular complexity index is 1140. The molecule has 7 heteroatoms. The summed E-state index contributed by atoms with van der Waals surface area (Å²) in [6.07, 6.45) is 0. The van der Waals surface area contributed by atoms with E-state index in [2.05, 4.69) is 10.2 Å². The van der Waals surface area contributed by atoms with Crippen molar-refractivity contribution in [3.05, 3.63) is 69.1 Å². The van der Waals surface area contributed by atoms with Crippen molar-refractivity contribution in [3.8, 4) is 5.75 Å². The molecule has 30 heavy (non-hydrogen) atoms. The number of fused-ring (bicyclic) bond motifs is 1. The van der Waals surface area contributed by atoms with Gasteiger partial charge in [0.2, 0.25) is 0 Å². The van der Waals surface area contributed by atoms with Crippen molar-refractivity contribution < 1.29 is 19.1 Å². The van der Waals surface area contributed by atoms with Gasteiger partial charge >= 0.3 is 0 Å². The van der Waals surface area contributed by atoms with Crippen molar-refractivity contribution in [3.63, 3.8) is 0 Å². The van der Waals surface area contributed by atoms with Gasteiger partial charge in [-0.25, -0.2) is 0 Å². The maximum atomic E-state index is 12.8. The highest BCUT2D eigenvalue weighted by Gasteiger charge is 2.20. The number of aromatic hydroxyl groups is 1. The number of benzene rings is 2. The van der Waals surface area contributed by atoms with Gasteiger partial charge in [-0.3, -0.25) is 14.5 Å². The third-order valence-electron chi connectivity index (χ3n) is 5.44. The fourth-order valence-electron chi connectivity index (χ4n) is 3.59. The fraction of sp³-hybridized carbons (Fsp3) is 0.304. The molecule has 0 spiro atoms. The summed E-state index contributed by atoms with van der Waals surface area (Å²) < 4.78 is 11.1. The fourth-order valence-corrected chi connectivity index (χ4v) is 3.59. The van der Waals surface area contributed by atoms with Crippen molar-refractivity contribution in [2.24, 2.45) is 0 Å². The van der Waals surface area contributed by atoms with Gasteiger partial charge in [-0.05, 0) is 43.7 Å². The third kappa shape index (κ3) is 3.94. The first-order chi connectivity index (χ1) is 14.4. The first kappa shape index (κ1) is 20.1. The maximum absolute atomic E-state index is 12.8. The van der Waals surface area contributed by atoms with E-state index in [1.54, 1.807) is 13.8 Å². The SMILES string of the molecule is Cc1c(C(=O)Nc2ccc(CN3CCOCC3)cc2)oc2c(C)c(O)ccc2c1=O. The number of nitrogens with one attached hydrogen (secondary N) is 1. The second kappa shape index (κ2) is 8.30. The zero-order valence-corrected chi connectivity index (χ0v) is 17.0. The minimum absolute atomic E-state index is 0.0108. The molecule has 2 N–H and O–H groups in total. The number of hydrogen-bond donors (Lipinski definition) is 2. The highest BCUT2D eigenvalue weighted by molar-refractivity contribution is 6.04. The van der Waals surface area contributed by atoms with Crippen molar-refractivity contribution in [2.75, 3.05) is 31.6 Å². The maximum Gasteiger partial charge on any atom is 0.291 e. The summed E-state index contributed by atoms with van der Waals surface area (Å²) in [7, 11) is 0. The predicted molar refractivity (Wildman–Crippen MR) is 114 cm³/mol. The van der Waals surface area contributed by atoms with Gasteiger partial charge in [0.1, 0.15) is 11.3 Å². The van der Waals surface area contributed by atoms with E-state index in [0.29, 0.717) is 16.6 Å². The van der Waals surface area contributed by atoms with Gasteiger partial charge < -0.3 is 19.6 Å². The van der Waals surface area contributed by atoms with E-state index in [9.17, 15) is 14.7 Å². The topological polar surface area (TPSA) is 92.0 Å². The number of nitrogens with zero attached hydrogens (tertiary/aromatic N) is 1. The minimum Gasteiger partial charge on any atom is -0.508 e. The summed E-state index contributed by atoms with van der Waals surface area (Å²) in [6.45, 7) is 7.36. The molecule has 1 aromatic heterocycles. The number of phenolic OH excluding ortho intramolecular Hbond substituents is 1. The molecule has 0 radical (unpaired) electrons. The number of hydrogen-bond acceptors (Lipinski definition) is 6. The van der Waals surface area contributed by atoms with Crippen molar-refractivity contribution >= 4 is 22.6 Å². The Hall–Kier alpha value is -3.16. The number of aryl methyl sites for hydroxylation is 1. The second-order valence-electron chi connectivity index (χ2n) is 7.51. The highest BCUT2D eigenvalue weighted by atomic mass is 16.5. The van der Waals surface area contributed by atoms with Crippen molar-refractivity contribution in [1.82, 2.24) is 4.90 Å². The molecule has 3 aromatic rings. The van der Waals surface area contributed by atoms with E-state index in [1.165, 1.54) is 12.1 Å². The largest absolute Gasteiger partial charge is 0.508 e. The molecular formula is C23H24N2O5. The number of carbonyl (C=O) groups excluding carboxylic acids is 1. The van der Waals surface area contributed by atoms with Crippen LogP contribution in [0.3, 0.4) is 0 Å². The molecule has 1 amide bonds. The molecule has 1 aliphatic rings. The lowest BCUT2D eigenvalue weighted by Crippen LogP contribution is -2.35. The van der Waals surface area contributed by atoms with E-state index in [1.807, 2.05) is 24.3 Å². The first-order valence-electron chi connectivity index (χ1n) is 9.90. The van der Waals surface area contributed by atoms with Gasteiger partial charge in [0.05, 0.1) is 18.6 Å². The Kier molecular flexibility index (Phi) is 5.57. The van der Waals surface area contributed by atoms with E-state index < -0.39 is 5.91 Å². The summed E-state index contributed by atoms with van der Waals surface area (Å²) in [4.78, 5) is 27.8. The minimum atomic E-state index is -0.504. The predicted octanol–water partition coefficient (Wildman–Crippen LogP) is 3.20. The average molecular weight is 408 g/mol. The Morgan fingerprint density at radius 1 is 1.07 bits per heavy atom. The van der Waals surface area contributed by atoms with Crippen LogP contribution in [0.15, 0.2) is 45.6 Å². The van der Waals surface area contributed by atoms with Gasteiger partial charge in [0.15, 0.2) is 11.2 Å². The van der Waals surface area contributed by atoms with Crippen LogP contribution in [0.4, 0.5) is 5.69 Å². The quantitative estimate of drug-likeness (QED) is 0.689. The number of rotatable bonds is 4. The van der Waals surface area contributed by atoms with Crippen LogP contribution in [0, 0.1) is 13.8 Å². The molecule has 1 fully saturated rings.